The number of fused-ring (bicyclic) bond motifs is 1. The average Bonchev–Trinajstić information content (AvgIpc) is 2.79. The number of aromatic nitrogens is 1. The highest BCUT2D eigenvalue weighted by Crippen LogP contribution is 2.30. The van der Waals surface area contributed by atoms with E-state index in [1.165, 1.54) is 27.1 Å². The fourth-order valence-corrected chi connectivity index (χ4v) is 3.64. The highest BCUT2D eigenvalue weighted by Gasteiger charge is 2.08. The van der Waals surface area contributed by atoms with Crippen LogP contribution < -0.4 is 0 Å². The first-order chi connectivity index (χ1) is 9.28. The van der Waals surface area contributed by atoms with Crippen LogP contribution in [0.2, 0.25) is 0 Å². The van der Waals surface area contributed by atoms with Gasteiger partial charge in [-0.3, -0.25) is 3.97 Å². The Morgan fingerprint density at radius 3 is 2.53 bits per heavy atom. The van der Waals surface area contributed by atoms with Crippen molar-refractivity contribution >= 4 is 38.8 Å². The molecule has 19 heavy (non-hydrogen) atoms. The van der Waals surface area contributed by atoms with Crippen LogP contribution in [0.15, 0.2) is 59.5 Å². The normalized spacial score (nSPS) is 11.1. The molecule has 0 unspecified atom stereocenters. The zero-order chi connectivity index (χ0) is 13.2. The van der Waals surface area contributed by atoms with Gasteiger partial charge in [-0.15, -0.1) is 0 Å². The Morgan fingerprint density at radius 2 is 1.79 bits per heavy atom. The van der Waals surface area contributed by atoms with Gasteiger partial charge in [0, 0.05) is 21.3 Å². The molecule has 0 saturated carbocycles. The molecule has 1 aromatic heterocycles. The van der Waals surface area contributed by atoms with Gasteiger partial charge in [0.15, 0.2) is 0 Å². The second kappa shape index (κ2) is 5.43. The predicted molar refractivity (Wildman–Crippen MR) is 87.0 cm³/mol. The van der Waals surface area contributed by atoms with Gasteiger partial charge in [0.25, 0.3) is 0 Å². The molecule has 0 radical (unpaired) electrons. The molecule has 0 aliphatic heterocycles. The molecular formula is C16H14BrNS. The van der Waals surface area contributed by atoms with E-state index in [1.807, 2.05) is 0 Å². The summed E-state index contributed by atoms with van der Waals surface area (Å²) in [6.07, 6.45) is 0. The van der Waals surface area contributed by atoms with Gasteiger partial charge in [-0.25, -0.2) is 0 Å². The number of benzene rings is 2. The predicted octanol–water partition coefficient (Wildman–Crippen LogP) is 5.40. The minimum absolute atomic E-state index is 0.862. The van der Waals surface area contributed by atoms with Crippen molar-refractivity contribution in [3.05, 3.63) is 65.9 Å². The van der Waals surface area contributed by atoms with Gasteiger partial charge in [0.2, 0.25) is 0 Å². The van der Waals surface area contributed by atoms with Crippen LogP contribution in [0.3, 0.4) is 0 Å². The molecule has 0 N–H and O–H groups in total. The summed E-state index contributed by atoms with van der Waals surface area (Å²) in [4.78, 5) is 1.26. The molecule has 0 spiro atoms. The van der Waals surface area contributed by atoms with E-state index in [4.69, 9.17) is 0 Å². The van der Waals surface area contributed by atoms with Crippen LogP contribution in [-0.4, -0.2) is 3.97 Å². The third-order valence-electron chi connectivity index (χ3n) is 3.09. The van der Waals surface area contributed by atoms with E-state index in [-0.39, 0.29) is 0 Å². The Morgan fingerprint density at radius 1 is 1.05 bits per heavy atom. The zero-order valence-corrected chi connectivity index (χ0v) is 13.0. The summed E-state index contributed by atoms with van der Waals surface area (Å²) in [5.41, 5.74) is 3.84. The smallest absolute Gasteiger partial charge is 0.0598 e. The quantitative estimate of drug-likeness (QED) is 0.581. The summed E-state index contributed by atoms with van der Waals surface area (Å²) < 4.78 is 2.30. The Balaban J connectivity index is 2.06. The number of rotatable bonds is 3. The number of para-hydroxylation sites is 1. The Kier molecular flexibility index (Phi) is 3.67. The summed E-state index contributed by atoms with van der Waals surface area (Å²) in [6, 6.07) is 19.4. The molecule has 0 atom stereocenters. The third-order valence-corrected chi connectivity index (χ3v) is 4.76. The summed E-state index contributed by atoms with van der Waals surface area (Å²) >= 11 is 5.35. The van der Waals surface area contributed by atoms with Gasteiger partial charge < -0.3 is 0 Å². The standard InChI is InChI=1S/C16H14BrNS/c1-12-6-8-15(9-7-12)19-18-14(11-17)10-13-4-2-3-5-16(13)18/h2-10H,11H2,1H3. The Hall–Kier alpha value is -1.19. The minimum atomic E-state index is 0.862. The Bertz CT molecular complexity index is 700. The van der Waals surface area contributed by atoms with E-state index in [0.29, 0.717) is 0 Å². The fourth-order valence-electron chi connectivity index (χ4n) is 2.09. The van der Waals surface area contributed by atoms with Crippen LogP contribution in [0.4, 0.5) is 0 Å². The van der Waals surface area contributed by atoms with Crippen LogP contribution >= 0.6 is 27.9 Å². The molecule has 0 bridgehead atoms. The number of nitrogens with zero attached hydrogens (tertiary/aromatic N) is 1. The minimum Gasteiger partial charge on any atom is -0.283 e. The van der Waals surface area contributed by atoms with Gasteiger partial charge in [-0.2, -0.15) is 0 Å². The SMILES string of the molecule is Cc1ccc(Sn2c(CBr)cc3ccccc32)cc1. The van der Waals surface area contributed by atoms with E-state index in [2.05, 4.69) is 81.4 Å². The first kappa shape index (κ1) is 12.8. The topological polar surface area (TPSA) is 4.93 Å². The number of hydrogen-bond acceptors (Lipinski definition) is 1. The fraction of sp³-hybridized carbons (Fsp3) is 0.125. The molecule has 1 heterocycles. The van der Waals surface area contributed by atoms with E-state index < -0.39 is 0 Å². The molecule has 0 aliphatic rings. The Labute approximate surface area is 125 Å². The molecule has 3 rings (SSSR count). The molecule has 2 aromatic carbocycles. The van der Waals surface area contributed by atoms with Gasteiger partial charge in [-0.1, -0.05) is 51.8 Å². The van der Waals surface area contributed by atoms with Crippen molar-refractivity contribution in [2.75, 3.05) is 0 Å². The largest absolute Gasteiger partial charge is 0.283 e. The lowest BCUT2D eigenvalue weighted by Gasteiger charge is -2.08. The van der Waals surface area contributed by atoms with Crippen LogP contribution in [0, 0.1) is 6.92 Å². The van der Waals surface area contributed by atoms with Gasteiger partial charge in [0.05, 0.1) is 5.52 Å². The average molecular weight is 332 g/mol. The van der Waals surface area contributed by atoms with Crippen LogP contribution in [0.25, 0.3) is 10.9 Å². The first-order valence-corrected chi connectivity index (χ1v) is 8.08. The molecule has 3 aromatic rings. The maximum absolute atomic E-state index is 3.58. The highest BCUT2D eigenvalue weighted by molar-refractivity contribution is 9.08. The third kappa shape index (κ3) is 2.58. The monoisotopic (exact) mass is 331 g/mol. The number of halogens is 1. The lowest BCUT2D eigenvalue weighted by atomic mass is 10.2. The summed E-state index contributed by atoms with van der Waals surface area (Å²) in [7, 11) is 0. The second-order valence-electron chi connectivity index (χ2n) is 4.53. The van der Waals surface area contributed by atoms with Crippen LogP contribution in [0.1, 0.15) is 11.3 Å². The van der Waals surface area contributed by atoms with Crippen molar-refractivity contribution in [2.24, 2.45) is 0 Å². The second-order valence-corrected chi connectivity index (χ2v) is 6.11. The maximum Gasteiger partial charge on any atom is 0.0598 e. The van der Waals surface area contributed by atoms with Gasteiger partial charge in [-0.05, 0) is 43.1 Å². The van der Waals surface area contributed by atoms with Crippen LogP contribution in [-0.2, 0) is 5.33 Å². The molecule has 0 amide bonds. The van der Waals surface area contributed by atoms with Crippen molar-refractivity contribution in [3.8, 4) is 0 Å². The lowest BCUT2D eigenvalue weighted by Crippen LogP contribution is -1.91. The molecule has 0 aliphatic carbocycles. The zero-order valence-electron chi connectivity index (χ0n) is 10.6. The molecule has 0 fully saturated rings. The van der Waals surface area contributed by atoms with E-state index in [0.717, 1.165) is 5.33 Å². The highest BCUT2D eigenvalue weighted by atomic mass is 79.9. The van der Waals surface area contributed by atoms with E-state index >= 15 is 0 Å². The van der Waals surface area contributed by atoms with Gasteiger partial charge in [0.1, 0.15) is 0 Å². The van der Waals surface area contributed by atoms with Crippen molar-refractivity contribution in [2.45, 2.75) is 17.1 Å². The summed E-state index contributed by atoms with van der Waals surface area (Å²) in [5, 5.41) is 2.15. The van der Waals surface area contributed by atoms with E-state index in [1.54, 1.807) is 11.9 Å². The molecular weight excluding hydrogens is 318 g/mol. The van der Waals surface area contributed by atoms with Crippen molar-refractivity contribution in [1.29, 1.82) is 0 Å². The van der Waals surface area contributed by atoms with E-state index in [9.17, 15) is 0 Å². The number of hydrogen-bond donors (Lipinski definition) is 0. The molecule has 1 nitrogen and oxygen atoms in total. The van der Waals surface area contributed by atoms with Crippen molar-refractivity contribution in [1.82, 2.24) is 3.97 Å². The van der Waals surface area contributed by atoms with Crippen LogP contribution in [0.5, 0.6) is 0 Å². The molecule has 0 saturated heterocycles. The van der Waals surface area contributed by atoms with Crippen molar-refractivity contribution < 1.29 is 0 Å². The number of aryl methyl sites for hydroxylation is 1. The number of alkyl halides is 1. The first-order valence-electron chi connectivity index (χ1n) is 6.18. The molecule has 96 valence electrons. The van der Waals surface area contributed by atoms with Gasteiger partial charge >= 0.3 is 0 Å². The summed E-state index contributed by atoms with van der Waals surface area (Å²) in [5.74, 6) is 0. The lowest BCUT2D eigenvalue weighted by molar-refractivity contribution is 1.19. The molecule has 3 heteroatoms. The van der Waals surface area contributed by atoms with Crippen molar-refractivity contribution in [3.63, 3.8) is 0 Å². The summed E-state index contributed by atoms with van der Waals surface area (Å²) in [6.45, 7) is 2.11. The maximum atomic E-state index is 3.58.